The molecule has 0 aromatic rings. The largest absolute Gasteiger partial charge is 0.481 e. The van der Waals surface area contributed by atoms with E-state index in [1.807, 2.05) is 0 Å². The second-order valence-electron chi connectivity index (χ2n) is 0.519. The molecule has 0 aliphatic heterocycles. The van der Waals surface area contributed by atoms with Crippen molar-refractivity contribution in [2.45, 2.75) is 6.92 Å². The SMILES string of the molecule is CC(=O)O.[Lr]. The minimum atomic E-state index is -0.833. The van der Waals surface area contributed by atoms with E-state index in [9.17, 15) is 0 Å². The standard InChI is InChI=1S/C2H4O2.Lr/c1-2(3)4;/h1H3,(H,3,4);. The molecule has 0 unspecified atom stereocenters. The van der Waals surface area contributed by atoms with Crippen molar-refractivity contribution >= 4 is 5.97 Å². The molecule has 0 bridgehead atoms. The Hall–Kier alpha value is -1.53. The van der Waals surface area contributed by atoms with Gasteiger partial charge in [-0.25, -0.2) is 0 Å². The third-order valence-corrected chi connectivity index (χ3v) is 0. The van der Waals surface area contributed by atoms with Gasteiger partial charge in [-0.15, -0.1) is 0 Å². The molecule has 3 heteroatoms. The molecule has 1 N–H and O–H groups in total. The van der Waals surface area contributed by atoms with E-state index in [0.717, 1.165) is 6.92 Å². The number of aliphatic carboxylic acids is 1. The molecule has 0 rings (SSSR count). The predicted molar refractivity (Wildman–Crippen MR) is 13.3 cm³/mol. The monoisotopic (exact) mass is 322 g/mol. The van der Waals surface area contributed by atoms with Crippen molar-refractivity contribution in [3.8, 4) is 0 Å². The van der Waals surface area contributed by atoms with Crippen LogP contribution in [0.2, 0.25) is 0 Å². The number of carboxylic acid groups (broad SMARTS) is 1. The minimum Gasteiger partial charge on any atom is -0.481 e. The van der Waals surface area contributed by atoms with Crippen LogP contribution in [0.1, 0.15) is 6.92 Å². The van der Waals surface area contributed by atoms with Gasteiger partial charge in [-0.2, -0.15) is 0 Å². The molecule has 1 radical (unpaired) electrons. The minimum absolute atomic E-state index is 0. The van der Waals surface area contributed by atoms with Crippen LogP contribution in [-0.2, 0) is 4.79 Å². The van der Waals surface area contributed by atoms with Crippen LogP contribution in [0.15, 0.2) is 0 Å². The first kappa shape index (κ1) is 9.80. The van der Waals surface area contributed by atoms with Crippen LogP contribution in [0, 0.1) is 0 Å². The third-order valence-electron chi connectivity index (χ3n) is 0. The third kappa shape index (κ3) is 0.233. The van der Waals surface area contributed by atoms with E-state index < -0.39 is 5.97 Å². The predicted octanol–water partition coefficient (Wildman–Crippen LogP) is 0.0909. The normalized spacial score (nSPS) is 5.00. The molecule has 0 aromatic heterocycles. The van der Waals surface area contributed by atoms with Crippen LogP contribution < -0.4 is 0 Å². The molecule has 0 spiro atoms. The molecule has 0 amide bonds. The van der Waals surface area contributed by atoms with Gasteiger partial charge in [0.05, 0.1) is 0 Å². The molecular weight excluding hydrogens is 318 g/mol. The zero-order chi connectivity index (χ0) is 3.58. The summed E-state index contributed by atoms with van der Waals surface area (Å²) in [6.45, 7) is 1.08. The molecule has 0 aliphatic carbocycles. The van der Waals surface area contributed by atoms with E-state index in [2.05, 4.69) is 0 Å². The van der Waals surface area contributed by atoms with Crippen LogP contribution in [0.3, 0.4) is 0 Å². The first-order valence-corrected chi connectivity index (χ1v) is 0.928. The zero-order valence-corrected chi connectivity index (χ0v) is 4.76. The van der Waals surface area contributed by atoms with Crippen LogP contribution in [0.25, 0.3) is 0 Å². The van der Waals surface area contributed by atoms with E-state index in [4.69, 9.17) is 9.90 Å². The van der Waals surface area contributed by atoms with Gasteiger partial charge >= 0.3 is 0 Å². The summed E-state index contributed by atoms with van der Waals surface area (Å²) >= 11 is 0. The van der Waals surface area contributed by atoms with Gasteiger partial charge in [0, 0.05) is 6.92 Å². The average molecular weight is 322 g/mol. The van der Waals surface area contributed by atoms with E-state index in [1.54, 1.807) is 0 Å². The Morgan fingerprint density at radius 1 is 1.80 bits per heavy atom. The van der Waals surface area contributed by atoms with Gasteiger partial charge < -0.3 is 5.11 Å². The number of carboxylic acids is 1. The maximum Gasteiger partial charge on any atom is 0.300 e. The molecule has 0 saturated heterocycles. The Labute approximate surface area is 24.1 Å². The average Bonchev–Trinajstić information content (AvgIpc) is 0.811. The van der Waals surface area contributed by atoms with E-state index in [0.29, 0.717) is 0 Å². The molecule has 39 valence electrons. The van der Waals surface area contributed by atoms with E-state index >= 15 is 0 Å². The summed E-state index contributed by atoms with van der Waals surface area (Å²) in [6.07, 6.45) is 0. The maximum absolute atomic E-state index is 9.00. The van der Waals surface area contributed by atoms with Gasteiger partial charge in [0.2, 0.25) is 0 Å². The Balaban J connectivity index is 0. The Morgan fingerprint density at radius 2 is 1.80 bits per heavy atom. The van der Waals surface area contributed by atoms with Crippen molar-refractivity contribution in [2.24, 2.45) is 0 Å². The molecule has 0 aliphatic rings. The number of rotatable bonds is 0. The summed E-state index contributed by atoms with van der Waals surface area (Å²) in [5.74, 6) is -0.833. The smallest absolute Gasteiger partial charge is 0.300 e. The molecule has 0 aromatic carbocycles. The summed E-state index contributed by atoms with van der Waals surface area (Å²) < 4.78 is 0. The van der Waals surface area contributed by atoms with Gasteiger partial charge in [-0.05, 0) is 0 Å². The molecular formula is C2H4LrO2. The first-order valence-electron chi connectivity index (χ1n) is 0.928. The zero-order valence-electron chi connectivity index (χ0n) is 2.61. The summed E-state index contributed by atoms with van der Waals surface area (Å²) in [7, 11) is 0. The number of carbonyl (C=O) groups is 1. The van der Waals surface area contributed by atoms with Crippen LogP contribution >= 0.6 is 0 Å². The Kier molecular flexibility index (Phi) is 4.84. The molecule has 0 fully saturated rings. The van der Waals surface area contributed by atoms with Gasteiger partial charge in [-0.1, -0.05) is 0 Å². The molecule has 0 atom stereocenters. The van der Waals surface area contributed by atoms with Gasteiger partial charge in [0.25, 0.3) is 5.97 Å². The number of hydrogen-bond donors (Lipinski definition) is 1. The van der Waals surface area contributed by atoms with Crippen molar-refractivity contribution in [1.29, 1.82) is 0 Å². The summed E-state index contributed by atoms with van der Waals surface area (Å²) in [5, 5.41) is 7.42. The van der Waals surface area contributed by atoms with Gasteiger partial charge in [0.15, 0.2) is 0 Å². The summed E-state index contributed by atoms with van der Waals surface area (Å²) in [4.78, 5) is 9.00. The van der Waals surface area contributed by atoms with Crippen molar-refractivity contribution in [1.82, 2.24) is 0 Å². The molecule has 0 heterocycles. The fourth-order valence-electron chi connectivity index (χ4n) is 0. The maximum atomic E-state index is 9.00. The van der Waals surface area contributed by atoms with E-state index in [-0.39, 0.29) is 0 Å². The fourth-order valence-corrected chi connectivity index (χ4v) is 0. The van der Waals surface area contributed by atoms with E-state index in [1.165, 1.54) is 0 Å². The van der Waals surface area contributed by atoms with Crippen molar-refractivity contribution in [2.75, 3.05) is 0 Å². The number of hydrogen-bond acceptors (Lipinski definition) is 1. The van der Waals surface area contributed by atoms with Crippen LogP contribution in [0.4, 0.5) is 0 Å². The topological polar surface area (TPSA) is 37.3 Å². The first-order chi connectivity index (χ1) is 1.73. The van der Waals surface area contributed by atoms with Crippen molar-refractivity contribution in [3.63, 3.8) is 0 Å². The Morgan fingerprint density at radius 3 is 1.80 bits per heavy atom. The van der Waals surface area contributed by atoms with Crippen LogP contribution in [0.5, 0.6) is 0 Å². The van der Waals surface area contributed by atoms with Crippen molar-refractivity contribution < 1.29 is 9.90 Å². The van der Waals surface area contributed by atoms with Gasteiger partial charge in [0.1, 0.15) is 0 Å². The Bertz CT molecular complexity index is 30.6. The van der Waals surface area contributed by atoms with Gasteiger partial charge in [-0.3, -0.25) is 4.79 Å². The summed E-state index contributed by atoms with van der Waals surface area (Å²) in [5.41, 5.74) is 0. The quantitative estimate of drug-likeness (QED) is 0.686. The second-order valence-corrected chi connectivity index (χ2v) is 0.519. The molecule has 0 saturated carbocycles. The molecule has 2 nitrogen and oxygen atoms in total. The molecule has 5 heavy (non-hydrogen) atoms. The fraction of sp³-hybridized carbons (Fsp3) is 0.500. The summed E-state index contributed by atoms with van der Waals surface area (Å²) in [6, 6.07) is 0. The second kappa shape index (κ2) is 2.47. The van der Waals surface area contributed by atoms with Crippen molar-refractivity contribution in [3.05, 3.63) is 0 Å². The van der Waals surface area contributed by atoms with Crippen LogP contribution in [-0.4, -0.2) is 11.1 Å².